The fourth-order valence-corrected chi connectivity index (χ4v) is 2.26. The number of aliphatic hydroxyl groups excluding tert-OH is 2. The fraction of sp³-hybridized carbons (Fsp3) is 0.500. The molecule has 96 valence electrons. The van der Waals surface area contributed by atoms with Crippen LogP contribution in [0.5, 0.6) is 0 Å². The van der Waals surface area contributed by atoms with Gasteiger partial charge < -0.3 is 14.9 Å². The van der Waals surface area contributed by atoms with Crippen molar-refractivity contribution < 1.29 is 14.9 Å². The topological polar surface area (TPSA) is 93.3 Å². The van der Waals surface area contributed by atoms with E-state index in [1.54, 1.807) is 10.9 Å². The number of aliphatic hydroxyl groups is 2. The van der Waals surface area contributed by atoms with Crippen molar-refractivity contribution in [3.05, 3.63) is 17.8 Å². The van der Waals surface area contributed by atoms with Crippen LogP contribution in [0.15, 0.2) is 12.7 Å². The zero-order valence-electron chi connectivity index (χ0n) is 9.27. The van der Waals surface area contributed by atoms with Gasteiger partial charge >= 0.3 is 0 Å². The van der Waals surface area contributed by atoms with Crippen molar-refractivity contribution in [1.29, 1.82) is 0 Å². The summed E-state index contributed by atoms with van der Waals surface area (Å²) >= 11 is 5.90. The standard InChI is InChI=1S/C10H11ClN4O3/c11-9-8-10(13-3-12-9)15(4-14-8)7-1-5(17)6(2-16)18-7/h3-7,16-17H,1-2H2/t5-,6+,7-/m1/s1. The van der Waals surface area contributed by atoms with E-state index in [0.29, 0.717) is 17.6 Å². The molecule has 1 aliphatic rings. The van der Waals surface area contributed by atoms with Gasteiger partial charge in [-0.25, -0.2) is 15.0 Å². The maximum atomic E-state index is 9.71. The SMILES string of the molecule is OC[C@@H]1O[C@@H](n2cnc3c(Cl)ncnc32)C[C@H]1O. The van der Waals surface area contributed by atoms with Gasteiger partial charge in [0.2, 0.25) is 0 Å². The highest BCUT2D eigenvalue weighted by molar-refractivity contribution is 6.33. The summed E-state index contributed by atoms with van der Waals surface area (Å²) in [5.74, 6) is 0. The predicted molar refractivity (Wildman–Crippen MR) is 62.0 cm³/mol. The van der Waals surface area contributed by atoms with E-state index in [-0.39, 0.29) is 11.8 Å². The van der Waals surface area contributed by atoms with E-state index < -0.39 is 18.4 Å². The summed E-state index contributed by atoms with van der Waals surface area (Å²) < 4.78 is 7.22. The van der Waals surface area contributed by atoms with Gasteiger partial charge in [-0.2, -0.15) is 0 Å². The molecule has 8 heteroatoms. The molecule has 1 saturated heterocycles. The van der Waals surface area contributed by atoms with Gasteiger partial charge in [0.05, 0.1) is 19.0 Å². The van der Waals surface area contributed by atoms with E-state index in [9.17, 15) is 5.11 Å². The lowest BCUT2D eigenvalue weighted by atomic mass is 10.2. The van der Waals surface area contributed by atoms with Gasteiger partial charge in [-0.15, -0.1) is 0 Å². The number of rotatable bonds is 2. The molecule has 3 atom stereocenters. The van der Waals surface area contributed by atoms with Crippen LogP contribution in [0.25, 0.3) is 11.2 Å². The molecule has 3 rings (SSSR count). The monoisotopic (exact) mass is 270 g/mol. The van der Waals surface area contributed by atoms with Crippen molar-refractivity contribution >= 4 is 22.8 Å². The lowest BCUT2D eigenvalue weighted by molar-refractivity contribution is -0.0432. The van der Waals surface area contributed by atoms with Crippen LogP contribution in [0, 0.1) is 0 Å². The van der Waals surface area contributed by atoms with Crippen LogP contribution in [-0.4, -0.2) is 48.5 Å². The minimum absolute atomic E-state index is 0.222. The second kappa shape index (κ2) is 4.43. The molecule has 0 spiro atoms. The van der Waals surface area contributed by atoms with Crippen molar-refractivity contribution in [2.45, 2.75) is 24.9 Å². The van der Waals surface area contributed by atoms with Crippen LogP contribution in [0.1, 0.15) is 12.6 Å². The van der Waals surface area contributed by atoms with E-state index in [2.05, 4.69) is 15.0 Å². The Morgan fingerprint density at radius 2 is 2.28 bits per heavy atom. The van der Waals surface area contributed by atoms with Crippen molar-refractivity contribution in [2.24, 2.45) is 0 Å². The molecule has 0 unspecified atom stereocenters. The normalized spacial score (nSPS) is 28.1. The third-order valence-electron chi connectivity index (χ3n) is 3.01. The first kappa shape index (κ1) is 11.8. The minimum Gasteiger partial charge on any atom is -0.394 e. The van der Waals surface area contributed by atoms with Crippen LogP contribution >= 0.6 is 11.6 Å². The van der Waals surface area contributed by atoms with Gasteiger partial charge in [-0.05, 0) is 0 Å². The lowest BCUT2D eigenvalue weighted by Crippen LogP contribution is -2.24. The predicted octanol–water partition coefficient (Wildman–Crippen LogP) is 0.120. The number of imidazole rings is 1. The summed E-state index contributed by atoms with van der Waals surface area (Å²) in [4.78, 5) is 12.1. The number of fused-ring (bicyclic) bond motifs is 1. The third-order valence-corrected chi connectivity index (χ3v) is 3.29. The van der Waals surface area contributed by atoms with Crippen molar-refractivity contribution in [1.82, 2.24) is 19.5 Å². The second-order valence-electron chi connectivity index (χ2n) is 4.10. The maximum absolute atomic E-state index is 9.71. The van der Waals surface area contributed by atoms with E-state index in [0.717, 1.165) is 0 Å². The van der Waals surface area contributed by atoms with E-state index >= 15 is 0 Å². The number of halogens is 1. The van der Waals surface area contributed by atoms with Gasteiger partial charge in [0.15, 0.2) is 10.8 Å². The zero-order chi connectivity index (χ0) is 12.7. The Balaban J connectivity index is 1.99. The molecule has 3 heterocycles. The summed E-state index contributed by atoms with van der Waals surface area (Å²) in [6.07, 6.45) is 1.57. The molecule has 18 heavy (non-hydrogen) atoms. The Kier molecular flexibility index (Phi) is 2.90. The Morgan fingerprint density at radius 1 is 1.44 bits per heavy atom. The molecular formula is C10H11ClN4O3. The van der Waals surface area contributed by atoms with Crippen molar-refractivity contribution in [2.75, 3.05) is 6.61 Å². The second-order valence-corrected chi connectivity index (χ2v) is 4.46. The molecule has 0 radical (unpaired) electrons. The highest BCUT2D eigenvalue weighted by Crippen LogP contribution is 2.31. The number of nitrogens with zero attached hydrogens (tertiary/aromatic N) is 4. The summed E-state index contributed by atoms with van der Waals surface area (Å²) in [5, 5.41) is 19.0. The molecule has 1 fully saturated rings. The van der Waals surface area contributed by atoms with Crippen molar-refractivity contribution in [3.8, 4) is 0 Å². The first-order chi connectivity index (χ1) is 8.70. The average Bonchev–Trinajstić information content (AvgIpc) is 2.93. The fourth-order valence-electron chi connectivity index (χ4n) is 2.08. The molecular weight excluding hydrogens is 260 g/mol. The highest BCUT2D eigenvalue weighted by Gasteiger charge is 2.35. The molecule has 0 aliphatic carbocycles. The number of ether oxygens (including phenoxy) is 1. The average molecular weight is 271 g/mol. The molecule has 0 saturated carbocycles. The molecule has 2 aromatic rings. The number of hydrogen-bond acceptors (Lipinski definition) is 6. The molecule has 2 aromatic heterocycles. The van der Waals surface area contributed by atoms with Crippen LogP contribution in [0.3, 0.4) is 0 Å². The smallest absolute Gasteiger partial charge is 0.166 e. The van der Waals surface area contributed by atoms with E-state index in [1.165, 1.54) is 6.33 Å². The first-order valence-electron chi connectivity index (χ1n) is 5.48. The summed E-state index contributed by atoms with van der Waals surface area (Å²) in [7, 11) is 0. The third kappa shape index (κ3) is 1.76. The highest BCUT2D eigenvalue weighted by atomic mass is 35.5. The van der Waals surface area contributed by atoms with E-state index in [1.807, 2.05) is 0 Å². The largest absolute Gasteiger partial charge is 0.394 e. The quantitative estimate of drug-likeness (QED) is 0.753. The van der Waals surface area contributed by atoms with Gasteiger partial charge in [-0.1, -0.05) is 11.6 Å². The summed E-state index contributed by atoms with van der Waals surface area (Å²) in [6, 6.07) is 0. The van der Waals surface area contributed by atoms with Gasteiger partial charge in [0.25, 0.3) is 0 Å². The Morgan fingerprint density at radius 3 is 3.00 bits per heavy atom. The van der Waals surface area contributed by atoms with Gasteiger partial charge in [0.1, 0.15) is 24.2 Å². The lowest BCUT2D eigenvalue weighted by Gasteiger charge is -2.13. The molecule has 0 aromatic carbocycles. The van der Waals surface area contributed by atoms with Gasteiger partial charge in [-0.3, -0.25) is 4.57 Å². The van der Waals surface area contributed by atoms with Crippen LogP contribution in [0.4, 0.5) is 0 Å². The molecule has 7 nitrogen and oxygen atoms in total. The van der Waals surface area contributed by atoms with Crippen LogP contribution in [-0.2, 0) is 4.74 Å². The number of hydrogen-bond donors (Lipinski definition) is 2. The summed E-state index contributed by atoms with van der Waals surface area (Å²) in [5.41, 5.74) is 1.04. The van der Waals surface area contributed by atoms with E-state index in [4.69, 9.17) is 21.4 Å². The van der Waals surface area contributed by atoms with Gasteiger partial charge in [0, 0.05) is 6.42 Å². The summed E-state index contributed by atoms with van der Waals surface area (Å²) in [6.45, 7) is -0.222. The molecule has 0 bridgehead atoms. The Labute approximate surface area is 107 Å². The van der Waals surface area contributed by atoms with Crippen molar-refractivity contribution in [3.63, 3.8) is 0 Å². The molecule has 0 amide bonds. The minimum atomic E-state index is -0.699. The van der Waals surface area contributed by atoms with Crippen LogP contribution in [0.2, 0.25) is 5.15 Å². The number of aromatic nitrogens is 4. The Hall–Kier alpha value is -1.28. The molecule has 2 N–H and O–H groups in total. The Bertz CT molecular complexity index is 575. The maximum Gasteiger partial charge on any atom is 0.166 e. The van der Waals surface area contributed by atoms with Crippen LogP contribution < -0.4 is 0 Å². The zero-order valence-corrected chi connectivity index (χ0v) is 10.0. The first-order valence-corrected chi connectivity index (χ1v) is 5.86. The molecule has 1 aliphatic heterocycles.